The lowest BCUT2D eigenvalue weighted by Gasteiger charge is -2.15. The lowest BCUT2D eigenvalue weighted by molar-refractivity contribution is -0.154. The first kappa shape index (κ1) is 20.2. The molecule has 0 bridgehead atoms. The van der Waals surface area contributed by atoms with E-state index in [1.165, 1.54) is 34.5 Å². The van der Waals surface area contributed by atoms with Crippen LogP contribution in [0.15, 0.2) is 34.9 Å². The average molecular weight is 377 g/mol. The molecule has 1 amide bonds. The fourth-order valence-corrected chi connectivity index (χ4v) is 2.43. The van der Waals surface area contributed by atoms with Crippen LogP contribution < -0.4 is 19.5 Å². The molecule has 0 aliphatic rings. The minimum Gasteiger partial charge on any atom is -0.493 e. The highest BCUT2D eigenvalue weighted by Gasteiger charge is 2.20. The molecule has 146 valence electrons. The Labute approximate surface area is 157 Å². The molecule has 0 fully saturated rings. The molecule has 0 spiro atoms. The van der Waals surface area contributed by atoms with Gasteiger partial charge >= 0.3 is 5.97 Å². The van der Waals surface area contributed by atoms with E-state index in [0.29, 0.717) is 28.6 Å². The van der Waals surface area contributed by atoms with E-state index in [-0.39, 0.29) is 13.0 Å². The maximum atomic E-state index is 12.2. The van der Waals surface area contributed by atoms with Gasteiger partial charge in [0.05, 0.1) is 40.6 Å². The molecule has 1 heterocycles. The zero-order valence-electron chi connectivity index (χ0n) is 15.7. The maximum Gasteiger partial charge on any atom is 0.311 e. The molecule has 0 aliphatic heterocycles. The SMILES string of the molecule is COc1cc(CC(=O)O[C@@H](C)C(=O)NCc2ccco2)cc(OC)c1OC. The Morgan fingerprint density at radius 1 is 1.11 bits per heavy atom. The van der Waals surface area contributed by atoms with Crippen molar-refractivity contribution in [2.24, 2.45) is 0 Å². The van der Waals surface area contributed by atoms with Crippen molar-refractivity contribution < 1.29 is 33.0 Å². The molecule has 2 aromatic rings. The Morgan fingerprint density at radius 3 is 2.30 bits per heavy atom. The van der Waals surface area contributed by atoms with Crippen LogP contribution in [-0.2, 0) is 27.3 Å². The first-order valence-electron chi connectivity index (χ1n) is 8.27. The van der Waals surface area contributed by atoms with Crippen molar-refractivity contribution in [1.82, 2.24) is 5.32 Å². The predicted molar refractivity (Wildman–Crippen MR) is 95.9 cm³/mol. The quantitative estimate of drug-likeness (QED) is 0.669. The van der Waals surface area contributed by atoms with Gasteiger partial charge in [0.2, 0.25) is 5.75 Å². The van der Waals surface area contributed by atoms with Crippen molar-refractivity contribution in [1.29, 1.82) is 0 Å². The molecule has 0 radical (unpaired) electrons. The standard InChI is InChI=1S/C19H23NO7/c1-12(19(22)20-11-14-6-5-7-26-14)27-17(21)10-13-8-15(23-2)18(25-4)16(9-13)24-3/h5-9,12H,10-11H2,1-4H3,(H,20,22)/t12-/m0/s1. The molecule has 0 saturated carbocycles. The zero-order chi connectivity index (χ0) is 19.8. The third-order valence-corrected chi connectivity index (χ3v) is 3.77. The molecule has 0 saturated heterocycles. The Hall–Kier alpha value is -3.16. The third-order valence-electron chi connectivity index (χ3n) is 3.77. The van der Waals surface area contributed by atoms with E-state index in [1.807, 2.05) is 0 Å². The number of benzene rings is 1. The van der Waals surface area contributed by atoms with E-state index in [1.54, 1.807) is 24.3 Å². The summed E-state index contributed by atoms with van der Waals surface area (Å²) in [4.78, 5) is 24.2. The van der Waals surface area contributed by atoms with Crippen molar-refractivity contribution in [3.05, 3.63) is 41.9 Å². The van der Waals surface area contributed by atoms with Gasteiger partial charge < -0.3 is 28.7 Å². The van der Waals surface area contributed by atoms with Gasteiger partial charge in [0.1, 0.15) is 5.76 Å². The number of hydrogen-bond donors (Lipinski definition) is 1. The van der Waals surface area contributed by atoms with Crippen LogP contribution in [0.1, 0.15) is 18.2 Å². The molecule has 8 nitrogen and oxygen atoms in total. The highest BCUT2D eigenvalue weighted by Crippen LogP contribution is 2.38. The van der Waals surface area contributed by atoms with E-state index in [0.717, 1.165) is 0 Å². The number of carbonyl (C=O) groups excluding carboxylic acids is 2. The Bertz CT molecular complexity index is 745. The molecule has 1 atom stereocenters. The van der Waals surface area contributed by atoms with Gasteiger partial charge in [0, 0.05) is 0 Å². The monoisotopic (exact) mass is 377 g/mol. The summed E-state index contributed by atoms with van der Waals surface area (Å²) in [6, 6.07) is 6.78. The molecule has 1 N–H and O–H groups in total. The Kier molecular flexibility index (Phi) is 7.10. The first-order valence-corrected chi connectivity index (χ1v) is 8.27. The summed E-state index contributed by atoms with van der Waals surface area (Å²) in [5.41, 5.74) is 0.609. The summed E-state index contributed by atoms with van der Waals surface area (Å²) in [7, 11) is 4.48. The van der Waals surface area contributed by atoms with E-state index in [4.69, 9.17) is 23.4 Å². The largest absolute Gasteiger partial charge is 0.493 e. The lowest BCUT2D eigenvalue weighted by Crippen LogP contribution is -2.35. The van der Waals surface area contributed by atoms with Gasteiger partial charge in [0.15, 0.2) is 17.6 Å². The molecule has 0 aliphatic carbocycles. The van der Waals surface area contributed by atoms with E-state index in [9.17, 15) is 9.59 Å². The number of ether oxygens (including phenoxy) is 4. The fraction of sp³-hybridized carbons (Fsp3) is 0.368. The van der Waals surface area contributed by atoms with Crippen LogP contribution in [0.25, 0.3) is 0 Å². The highest BCUT2D eigenvalue weighted by molar-refractivity contribution is 5.84. The topological polar surface area (TPSA) is 96.2 Å². The summed E-state index contributed by atoms with van der Waals surface area (Å²) in [5, 5.41) is 2.64. The summed E-state index contributed by atoms with van der Waals surface area (Å²) in [5.74, 6) is 0.949. The molecular formula is C19H23NO7. The summed E-state index contributed by atoms with van der Waals surface area (Å²) in [6.45, 7) is 1.73. The number of nitrogens with one attached hydrogen (secondary N) is 1. The molecule has 2 rings (SSSR count). The van der Waals surface area contributed by atoms with Gasteiger partial charge in [-0.1, -0.05) is 0 Å². The number of rotatable bonds is 9. The number of hydrogen-bond acceptors (Lipinski definition) is 7. The van der Waals surface area contributed by atoms with Gasteiger partial charge in [-0.05, 0) is 36.8 Å². The van der Waals surface area contributed by atoms with Crippen molar-refractivity contribution in [3.8, 4) is 17.2 Å². The lowest BCUT2D eigenvalue weighted by atomic mass is 10.1. The molecule has 0 unspecified atom stereocenters. The Morgan fingerprint density at radius 2 is 1.78 bits per heavy atom. The zero-order valence-corrected chi connectivity index (χ0v) is 15.7. The van der Waals surface area contributed by atoms with E-state index >= 15 is 0 Å². The second kappa shape index (κ2) is 9.51. The molecule has 1 aromatic heterocycles. The normalized spacial score (nSPS) is 11.4. The summed E-state index contributed by atoms with van der Waals surface area (Å²) < 4.78 is 26.1. The van der Waals surface area contributed by atoms with Gasteiger partial charge in [-0.25, -0.2) is 0 Å². The number of esters is 1. The van der Waals surface area contributed by atoms with Crippen LogP contribution >= 0.6 is 0 Å². The summed E-state index contributed by atoms with van der Waals surface area (Å²) >= 11 is 0. The predicted octanol–water partition coefficient (Wildman–Crippen LogP) is 2.10. The van der Waals surface area contributed by atoms with Gasteiger partial charge in [-0.3, -0.25) is 9.59 Å². The van der Waals surface area contributed by atoms with Crippen LogP contribution in [0.2, 0.25) is 0 Å². The molecule has 27 heavy (non-hydrogen) atoms. The maximum absolute atomic E-state index is 12.2. The van der Waals surface area contributed by atoms with Crippen LogP contribution in [0.5, 0.6) is 17.2 Å². The van der Waals surface area contributed by atoms with Crippen LogP contribution in [0, 0.1) is 0 Å². The third kappa shape index (κ3) is 5.40. The number of amides is 1. The highest BCUT2D eigenvalue weighted by atomic mass is 16.5. The van der Waals surface area contributed by atoms with Crippen LogP contribution in [0.4, 0.5) is 0 Å². The van der Waals surface area contributed by atoms with Crippen molar-refractivity contribution in [3.63, 3.8) is 0 Å². The van der Waals surface area contributed by atoms with Gasteiger partial charge in [-0.2, -0.15) is 0 Å². The van der Waals surface area contributed by atoms with Crippen molar-refractivity contribution in [2.75, 3.05) is 21.3 Å². The molecule has 8 heteroatoms. The average Bonchev–Trinajstić information content (AvgIpc) is 3.18. The molecular weight excluding hydrogens is 354 g/mol. The minimum absolute atomic E-state index is 0.0491. The van der Waals surface area contributed by atoms with Crippen molar-refractivity contribution in [2.45, 2.75) is 26.0 Å². The van der Waals surface area contributed by atoms with Crippen LogP contribution in [-0.4, -0.2) is 39.3 Å². The fourth-order valence-electron chi connectivity index (χ4n) is 2.43. The summed E-state index contributed by atoms with van der Waals surface area (Å²) in [6.07, 6.45) is 0.531. The number of methoxy groups -OCH3 is 3. The van der Waals surface area contributed by atoms with Crippen molar-refractivity contribution >= 4 is 11.9 Å². The van der Waals surface area contributed by atoms with Gasteiger partial charge in [0.25, 0.3) is 5.91 Å². The van der Waals surface area contributed by atoms with Gasteiger partial charge in [-0.15, -0.1) is 0 Å². The smallest absolute Gasteiger partial charge is 0.311 e. The number of furan rings is 1. The first-order chi connectivity index (χ1) is 13.0. The second-order valence-electron chi connectivity index (χ2n) is 5.64. The Balaban J connectivity index is 1.95. The second-order valence-corrected chi connectivity index (χ2v) is 5.64. The molecule has 1 aromatic carbocycles. The van der Waals surface area contributed by atoms with Crippen LogP contribution in [0.3, 0.4) is 0 Å². The number of carbonyl (C=O) groups is 2. The van der Waals surface area contributed by atoms with E-state index < -0.39 is 18.0 Å². The van der Waals surface area contributed by atoms with E-state index in [2.05, 4.69) is 5.32 Å². The minimum atomic E-state index is -0.936.